The van der Waals surface area contributed by atoms with Gasteiger partial charge in [-0.25, -0.2) is 14.5 Å². The second kappa shape index (κ2) is 81.4. The summed E-state index contributed by atoms with van der Waals surface area (Å²) in [5, 5.41) is 10.3. The molecule has 3 aliphatic rings. The SMILES string of the molecule is C.C.C.C.C.C.C.C.C.C.C.CC(C)(C)C1CCCC1.CC(C)(C)C1CCCC1.CC(C)(C)Cc1c[nH]c2ccccc12.CC(C)(C)Cc1ccccc1.CC(C)(C)c1ccccc1.CC(C)Cc1cnc[nH]1.CCC(C)(C)C.CCc1c[n+](C)c[nH]1.C[C@H]1CC[C@H](O)C1.Cc1ccc(CC(C)(C)C)cc1.Cc1ccc(CC(C)(C)C)cc1.Cc1ccc(CC(C)(C)C)cc1.Cc1cccc(CC(C)(C)C)c1.c1ccncc1. The van der Waals surface area contributed by atoms with Crippen molar-refractivity contribution in [3.63, 3.8) is 0 Å². The van der Waals surface area contributed by atoms with Gasteiger partial charge in [-0.3, -0.25) is 4.98 Å². The van der Waals surface area contributed by atoms with E-state index in [2.05, 4.69) is 489 Å². The fraction of sp³-hybridized carbons (Fsp3) is 0.610. The molecule has 3 fully saturated rings. The van der Waals surface area contributed by atoms with Gasteiger partial charge < -0.3 is 15.1 Å². The number of fused-ring (bicyclic) bond motifs is 1. The van der Waals surface area contributed by atoms with Crippen LogP contribution in [0.15, 0.2) is 244 Å². The fourth-order valence-corrected chi connectivity index (χ4v) is 16.0. The van der Waals surface area contributed by atoms with Crippen molar-refractivity contribution in [3.05, 3.63) is 316 Å². The molecule has 7 nitrogen and oxygen atoms in total. The van der Waals surface area contributed by atoms with Crippen LogP contribution in [0, 0.1) is 100 Å². The average molecular weight is 2050 g/mol. The third-order valence-electron chi connectivity index (χ3n) is 23.8. The number of rotatable bonds is 9. The molecule has 0 unspecified atom stereocenters. The van der Waals surface area contributed by atoms with Crippen molar-refractivity contribution in [1.82, 2.24) is 24.9 Å². The Balaban J connectivity index is -0.000000152. The number of aryl methyl sites for hydroxylation is 6. The summed E-state index contributed by atoms with van der Waals surface area (Å²) in [6.45, 7) is 87.9. The maximum atomic E-state index is 8.90. The van der Waals surface area contributed by atoms with Crippen molar-refractivity contribution in [2.45, 2.75) is 492 Å². The molecule has 0 aliphatic heterocycles. The number of nitrogens with one attached hydrogen (secondary N) is 3. The first-order valence-electron chi connectivity index (χ1n) is 52.7. The first-order chi connectivity index (χ1) is 63.3. The van der Waals surface area contributed by atoms with Gasteiger partial charge in [0.05, 0.1) is 19.5 Å². The standard InChI is InChI=1S/C13H17N.4C12H18.C11H16.C10H14.2C9H18.C7H12N2.C6H10N2.C6H12O.C6H14.C5H5N.11CH4/c1-13(2,3)8-10-9-14-12-7-5-4-6-11(10)12;3*1-10-5-7-11(8-6-10)9-12(2,3)4;1-10-6-5-7-11(8-10)9-12(2,3)4;1-11(2,3)9-10-7-5-4-6-8-10;1-10(2,3)9-7-5-4-6-8-9;2*1-9(2,3)8-6-4-5-7-8;1-6(2)3-7-4-8-5-9-7;1-3-6-4-8(2)5-7-6;1-5-2-3-6(7)4-5;1-5-6(2,3)4;1-2-4-6-5-3-1;;;;;;;;;;;/h4-7,9,14H,8H2,1-3H3;4*5-8H,9H2,1-4H3;4-8H,9H2,1-3H3;4-8H,1-3H3;2*8H,4-7H2,1-3H3;4-6H,3H2,1-2H3,(H,8,9);4-5H,3H2,1-2H3;5-7H,2-4H2,1H3;5H2,1-4H3;1-5H;11*1H4/p+1/t;;;;;;;;;;;5-,6-;;;;;;;;;;;;;/m...........0............./s1. The summed E-state index contributed by atoms with van der Waals surface area (Å²) in [5.41, 5.74) is 23.5. The Bertz CT molecular complexity index is 4530. The van der Waals surface area contributed by atoms with Gasteiger partial charge in [-0.1, -0.05) is 560 Å². The van der Waals surface area contributed by atoms with E-state index in [1.54, 1.807) is 18.7 Å². The van der Waals surface area contributed by atoms with Crippen molar-refractivity contribution < 1.29 is 9.67 Å². The number of aliphatic hydroxyl groups excluding tert-OH is 1. The Hall–Kier alpha value is -8.39. The smallest absolute Gasteiger partial charge is 0.241 e. The summed E-state index contributed by atoms with van der Waals surface area (Å²) in [5.74, 6) is 3.51. The van der Waals surface area contributed by atoms with E-state index < -0.39 is 0 Å². The minimum absolute atomic E-state index is 0. The van der Waals surface area contributed by atoms with Crippen molar-refractivity contribution in [1.29, 1.82) is 0 Å². The number of imidazole rings is 2. The van der Waals surface area contributed by atoms with Crippen molar-refractivity contribution >= 4 is 10.9 Å². The molecule has 2 atom stereocenters. The van der Waals surface area contributed by atoms with Crippen molar-refractivity contribution in [3.8, 4) is 0 Å². The maximum absolute atomic E-state index is 8.90. The molecule has 3 aliphatic carbocycles. The van der Waals surface area contributed by atoms with E-state index >= 15 is 0 Å². The molecule has 0 radical (unpaired) electrons. The maximum Gasteiger partial charge on any atom is 0.241 e. The van der Waals surface area contributed by atoms with E-state index in [4.69, 9.17) is 5.11 Å². The molecule has 0 amide bonds. The quantitative estimate of drug-likeness (QED) is 0.108. The zero-order valence-corrected chi connectivity index (χ0v) is 95.9. The Morgan fingerprint density at radius 1 is 0.358 bits per heavy atom. The van der Waals surface area contributed by atoms with Crippen LogP contribution in [0.4, 0.5) is 0 Å². The van der Waals surface area contributed by atoms with Crippen LogP contribution >= 0.6 is 0 Å². The third-order valence-corrected chi connectivity index (χ3v) is 23.8. The molecule has 4 heterocycles. The molecule has 852 valence electrons. The second-order valence-corrected chi connectivity index (χ2v) is 51.7. The topological polar surface area (TPSA) is 97.3 Å². The molecule has 11 aromatic rings. The fourth-order valence-electron chi connectivity index (χ4n) is 16.0. The first-order valence-corrected chi connectivity index (χ1v) is 52.7. The number of aliphatic hydroxyl groups is 1. The van der Waals surface area contributed by atoms with Gasteiger partial charge >= 0.3 is 0 Å². The minimum Gasteiger partial charge on any atom is -0.393 e. The zero-order valence-electron chi connectivity index (χ0n) is 95.9. The Labute approximate surface area is 926 Å². The molecule has 0 saturated heterocycles. The van der Waals surface area contributed by atoms with E-state index in [9.17, 15) is 0 Å². The van der Waals surface area contributed by atoms with Gasteiger partial charge in [0, 0.05) is 47.8 Å². The lowest BCUT2D eigenvalue weighted by molar-refractivity contribution is -0.670. The highest BCUT2D eigenvalue weighted by Crippen LogP contribution is 2.40. The lowest BCUT2D eigenvalue weighted by Gasteiger charge is -2.26. The van der Waals surface area contributed by atoms with Gasteiger partial charge in [-0.15, -0.1) is 0 Å². The number of nitrogens with zero attached hydrogens (tertiary/aromatic N) is 3. The molecule has 148 heavy (non-hydrogen) atoms. The van der Waals surface area contributed by atoms with Gasteiger partial charge in [-0.2, -0.15) is 0 Å². The molecular formula is C141H253N6O+. The molecule has 4 N–H and O–H groups in total. The largest absolute Gasteiger partial charge is 0.393 e. The summed E-state index contributed by atoms with van der Waals surface area (Å²) >= 11 is 0. The van der Waals surface area contributed by atoms with E-state index in [-0.39, 0.29) is 87.8 Å². The number of hydrogen-bond acceptors (Lipinski definition) is 3. The molecule has 7 heteroatoms. The number of para-hydroxylation sites is 1. The van der Waals surface area contributed by atoms with Gasteiger partial charge in [-0.05, 0) is 253 Å². The highest BCUT2D eigenvalue weighted by molar-refractivity contribution is 5.83. The Morgan fingerprint density at radius 2 is 0.703 bits per heavy atom. The molecule has 14 rings (SSSR count). The van der Waals surface area contributed by atoms with E-state index in [1.165, 1.54) is 148 Å². The summed E-state index contributed by atoms with van der Waals surface area (Å²) in [6, 6.07) is 70.6. The monoisotopic (exact) mass is 2050 g/mol. The predicted molar refractivity (Wildman–Crippen MR) is 682 cm³/mol. The average Bonchev–Trinajstić information content (AvgIpc) is 1.68. The van der Waals surface area contributed by atoms with E-state index in [0.29, 0.717) is 60.1 Å². The van der Waals surface area contributed by atoms with Crippen LogP contribution in [0.2, 0.25) is 0 Å². The van der Waals surface area contributed by atoms with Gasteiger partial charge in [0.2, 0.25) is 6.33 Å². The molecule has 0 spiro atoms. The van der Waals surface area contributed by atoms with Gasteiger partial charge in [0.1, 0.15) is 11.9 Å². The molecule has 4 aromatic heterocycles. The molecule has 0 bridgehead atoms. The van der Waals surface area contributed by atoms with Crippen LogP contribution in [0.3, 0.4) is 0 Å². The lowest BCUT2D eigenvalue weighted by atomic mass is 9.80. The van der Waals surface area contributed by atoms with E-state index in [1.807, 2.05) is 42.3 Å². The number of benzene rings is 7. The second-order valence-electron chi connectivity index (χ2n) is 51.7. The van der Waals surface area contributed by atoms with Gasteiger partial charge in [0.25, 0.3) is 0 Å². The highest BCUT2D eigenvalue weighted by Gasteiger charge is 2.29. The predicted octanol–water partition coefficient (Wildman–Crippen LogP) is 44.5. The summed E-state index contributed by atoms with van der Waals surface area (Å²) < 4.78 is 2.01. The Kier molecular flexibility index (Phi) is 89.2. The van der Waals surface area contributed by atoms with Crippen LogP contribution < -0.4 is 4.57 Å². The highest BCUT2D eigenvalue weighted by atomic mass is 16.3. The number of aromatic amines is 3. The number of hydrogen-bond donors (Lipinski definition) is 4. The number of H-pyrrole nitrogens is 3. The third kappa shape index (κ3) is 89.3. The van der Waals surface area contributed by atoms with Crippen LogP contribution in [0.1, 0.15) is 474 Å². The van der Waals surface area contributed by atoms with Crippen LogP contribution in [-0.2, 0) is 63.8 Å². The Morgan fingerprint density at radius 3 is 0.953 bits per heavy atom. The van der Waals surface area contributed by atoms with Crippen molar-refractivity contribution in [2.75, 3.05) is 0 Å². The molecular weight excluding hydrogens is 1790 g/mol. The zero-order chi connectivity index (χ0) is 104. The number of aromatic nitrogens is 6. The van der Waals surface area contributed by atoms with E-state index in [0.717, 1.165) is 82.0 Å². The minimum atomic E-state index is 0. The normalized spacial score (nSPS) is 13.3. The first kappa shape index (κ1) is 162. The summed E-state index contributed by atoms with van der Waals surface area (Å²) in [6.07, 6.45) is 38.7. The van der Waals surface area contributed by atoms with Crippen LogP contribution in [0.25, 0.3) is 10.9 Å². The van der Waals surface area contributed by atoms with Crippen LogP contribution in [-0.4, -0.2) is 36.1 Å². The summed E-state index contributed by atoms with van der Waals surface area (Å²) in [7, 11) is 2.01. The molecule has 3 saturated carbocycles. The van der Waals surface area contributed by atoms with Crippen LogP contribution in [0.5, 0.6) is 0 Å². The number of pyridine rings is 1. The summed E-state index contributed by atoms with van der Waals surface area (Å²) in [4.78, 5) is 17.2. The molecule has 7 aromatic carbocycles. The van der Waals surface area contributed by atoms with Gasteiger partial charge in [0.15, 0.2) is 0 Å². The van der Waals surface area contributed by atoms with Crippen molar-refractivity contribution in [2.24, 2.45) is 79.5 Å². The lowest BCUT2D eigenvalue weighted by Crippen LogP contribution is -2.22.